The number of esters is 2. The molecule has 0 aliphatic heterocycles. The molecule has 0 bridgehead atoms. The minimum atomic E-state index is -4.47. The minimum absolute atomic E-state index is 0.000520. The van der Waals surface area contributed by atoms with Gasteiger partial charge in [-0.05, 0) is 57.8 Å². The molecular weight excluding hydrogens is 789 g/mol. The lowest BCUT2D eigenvalue weighted by atomic mass is 9.87. The molecule has 0 aromatic carbocycles. The van der Waals surface area contributed by atoms with E-state index in [1.165, 1.54) is 19.3 Å². The van der Waals surface area contributed by atoms with E-state index >= 15 is 0 Å². The van der Waals surface area contributed by atoms with Gasteiger partial charge in [-0.2, -0.15) is 0 Å². The molecule has 1 unspecified atom stereocenters. The second kappa shape index (κ2) is 33.4. The van der Waals surface area contributed by atoms with Gasteiger partial charge in [0.15, 0.2) is 6.10 Å². The summed E-state index contributed by atoms with van der Waals surface area (Å²) in [5, 5.41) is 31.3. The predicted molar refractivity (Wildman–Crippen MR) is 236 cm³/mol. The molecule has 0 aromatic rings. The van der Waals surface area contributed by atoms with Crippen LogP contribution < -0.4 is 0 Å². The number of carbonyl (C=O) groups is 3. The number of carbonyl (C=O) groups excluding carboxylic acids is 3. The maximum Gasteiger partial charge on any atom is 0.472 e. The van der Waals surface area contributed by atoms with Gasteiger partial charge in [-0.25, -0.2) is 4.57 Å². The van der Waals surface area contributed by atoms with E-state index in [1.807, 2.05) is 21.1 Å². The van der Waals surface area contributed by atoms with Crippen LogP contribution in [0.5, 0.6) is 0 Å². The summed E-state index contributed by atoms with van der Waals surface area (Å²) in [7, 11) is 1.26. The van der Waals surface area contributed by atoms with E-state index in [4.69, 9.17) is 18.5 Å². The van der Waals surface area contributed by atoms with Crippen LogP contribution in [0.2, 0.25) is 0 Å². The number of Topliss-reactive ketones (excluding diaryl/α,β-unsaturated/α-hetero) is 1. The first-order valence-electron chi connectivity index (χ1n) is 22.9. The second-order valence-corrected chi connectivity index (χ2v) is 18.9. The minimum Gasteiger partial charge on any atom is -0.462 e. The van der Waals surface area contributed by atoms with Crippen LogP contribution in [0.4, 0.5) is 0 Å². The van der Waals surface area contributed by atoms with Crippen LogP contribution in [-0.2, 0) is 37.5 Å². The molecule has 1 rings (SSSR count). The van der Waals surface area contributed by atoms with Crippen molar-refractivity contribution in [2.24, 2.45) is 11.8 Å². The Balaban J connectivity index is 2.52. The standard InChI is InChI=1S/C46H82NO12P/c1-6-8-10-11-12-13-14-15-16-17-18-19-20-21-23-29-46(53)59-40(37-58-60(54,55)57-33-32-47(3,4)5)36-56-45(52)28-25-24-27-39(49)34-42-41(43(50)35-44(42)51)31-30-38(48)26-22-9-7-2/h12-13,15-16,30-31,38,40-44,48,50-51H,6-11,14,17-29,32-37H2,1-5H3/p+1/b13-12-,16-15-,31-30+/t38-,40+,41+,42+,43+,44-/m0/s1. The van der Waals surface area contributed by atoms with E-state index in [1.54, 1.807) is 12.2 Å². The van der Waals surface area contributed by atoms with Gasteiger partial charge in [0.05, 0.1) is 46.1 Å². The monoisotopic (exact) mass is 873 g/mol. The zero-order chi connectivity index (χ0) is 44.7. The first-order chi connectivity index (χ1) is 28.6. The molecule has 13 nitrogen and oxygen atoms in total. The molecule has 1 saturated carbocycles. The summed E-state index contributed by atoms with van der Waals surface area (Å²) in [5.41, 5.74) is 0. The van der Waals surface area contributed by atoms with Crippen molar-refractivity contribution in [2.45, 2.75) is 180 Å². The van der Waals surface area contributed by atoms with Crippen LogP contribution in [-0.4, -0.2) is 114 Å². The average Bonchev–Trinajstić information content (AvgIpc) is 3.44. The van der Waals surface area contributed by atoms with Gasteiger partial charge < -0.3 is 34.2 Å². The molecule has 0 amide bonds. The molecule has 14 heteroatoms. The fourth-order valence-electron chi connectivity index (χ4n) is 6.92. The molecule has 348 valence electrons. The van der Waals surface area contributed by atoms with E-state index < -0.39 is 62.6 Å². The number of hydrogen-bond donors (Lipinski definition) is 4. The van der Waals surface area contributed by atoms with Crippen molar-refractivity contribution in [3.63, 3.8) is 0 Å². The molecule has 0 radical (unpaired) electrons. The Hall–Kier alpha value is -2.22. The molecular formula is C46H83NO12P+. The van der Waals surface area contributed by atoms with Crippen LogP contribution >= 0.6 is 7.82 Å². The maximum absolute atomic E-state index is 12.9. The van der Waals surface area contributed by atoms with Crippen molar-refractivity contribution in [1.29, 1.82) is 0 Å². The van der Waals surface area contributed by atoms with E-state index in [0.717, 1.165) is 64.2 Å². The Morgan fingerprint density at radius 3 is 2.03 bits per heavy atom. The zero-order valence-electron chi connectivity index (χ0n) is 37.8. The van der Waals surface area contributed by atoms with Crippen molar-refractivity contribution in [3.05, 3.63) is 36.5 Å². The Kier molecular flexibility index (Phi) is 31.0. The number of hydrogen-bond acceptors (Lipinski definition) is 11. The van der Waals surface area contributed by atoms with Gasteiger partial charge in [0.2, 0.25) is 0 Å². The van der Waals surface area contributed by atoms with Gasteiger partial charge >= 0.3 is 19.8 Å². The van der Waals surface area contributed by atoms with E-state index in [9.17, 15) is 39.2 Å². The summed E-state index contributed by atoms with van der Waals surface area (Å²) in [6.07, 6.45) is 25.4. The van der Waals surface area contributed by atoms with Gasteiger partial charge in [0, 0.05) is 43.9 Å². The molecule has 0 heterocycles. The highest BCUT2D eigenvalue weighted by Gasteiger charge is 2.41. The number of ether oxygens (including phenoxy) is 2. The van der Waals surface area contributed by atoms with Crippen LogP contribution in [0.3, 0.4) is 0 Å². The lowest BCUT2D eigenvalue weighted by molar-refractivity contribution is -0.870. The van der Waals surface area contributed by atoms with Crippen molar-refractivity contribution >= 4 is 25.5 Å². The summed E-state index contributed by atoms with van der Waals surface area (Å²) in [4.78, 5) is 48.4. The number of unbranched alkanes of at least 4 members (excludes halogenated alkanes) is 11. The summed E-state index contributed by atoms with van der Waals surface area (Å²) in [6.45, 7) is 3.83. The molecule has 0 aromatic heterocycles. The molecule has 1 aliphatic carbocycles. The Morgan fingerprint density at radius 2 is 1.35 bits per heavy atom. The normalized spacial score (nSPS) is 20.6. The SMILES string of the molecule is CCCCC/C=C\C/C=C\CCCCCCCC(=O)O[C@H](COC(=O)CCCCC(=O)C[C@@H]1[C@@H](/C=C/[C@@H](O)CCCCC)[C@H](O)C[C@@H]1O)COP(=O)(O)OCC[N+](C)(C)C. The molecule has 0 saturated heterocycles. The molecule has 60 heavy (non-hydrogen) atoms. The molecule has 4 N–H and O–H groups in total. The van der Waals surface area contributed by atoms with Crippen molar-refractivity contribution in [3.8, 4) is 0 Å². The largest absolute Gasteiger partial charge is 0.472 e. The lowest BCUT2D eigenvalue weighted by Gasteiger charge is -2.24. The molecule has 1 aliphatic rings. The number of quaternary nitrogens is 1. The van der Waals surface area contributed by atoms with Gasteiger partial charge in [-0.15, -0.1) is 0 Å². The molecule has 7 atom stereocenters. The number of nitrogens with zero attached hydrogens (tertiary/aromatic N) is 1. The van der Waals surface area contributed by atoms with Crippen LogP contribution in [0.15, 0.2) is 36.5 Å². The maximum atomic E-state index is 12.9. The highest BCUT2D eigenvalue weighted by Crippen LogP contribution is 2.43. The Bertz CT molecular complexity index is 1300. The fourth-order valence-corrected chi connectivity index (χ4v) is 7.66. The van der Waals surface area contributed by atoms with E-state index in [2.05, 4.69) is 38.2 Å². The molecule has 0 spiro atoms. The summed E-state index contributed by atoms with van der Waals surface area (Å²) in [6, 6.07) is 0. The topological polar surface area (TPSA) is 186 Å². The number of rotatable bonds is 37. The summed E-state index contributed by atoms with van der Waals surface area (Å²) in [5.74, 6) is -2.08. The van der Waals surface area contributed by atoms with Crippen LogP contribution in [0.1, 0.15) is 155 Å². The second-order valence-electron chi connectivity index (χ2n) is 17.4. The third-order valence-electron chi connectivity index (χ3n) is 10.6. The summed E-state index contributed by atoms with van der Waals surface area (Å²) >= 11 is 0. The van der Waals surface area contributed by atoms with Crippen molar-refractivity contribution in [1.82, 2.24) is 0 Å². The number of phosphoric acid groups is 1. The number of allylic oxidation sites excluding steroid dienone is 4. The first kappa shape index (κ1) is 55.8. The smallest absolute Gasteiger partial charge is 0.462 e. The Morgan fingerprint density at radius 1 is 0.750 bits per heavy atom. The zero-order valence-corrected chi connectivity index (χ0v) is 38.7. The number of phosphoric ester groups is 1. The van der Waals surface area contributed by atoms with E-state index in [0.29, 0.717) is 36.7 Å². The van der Waals surface area contributed by atoms with Gasteiger partial charge in [-0.3, -0.25) is 23.4 Å². The highest BCUT2D eigenvalue weighted by molar-refractivity contribution is 7.47. The van der Waals surface area contributed by atoms with E-state index in [-0.39, 0.29) is 51.1 Å². The summed E-state index contributed by atoms with van der Waals surface area (Å²) < 4.78 is 34.1. The fraction of sp³-hybridized carbons (Fsp3) is 0.804. The number of aliphatic hydroxyl groups is 3. The third kappa shape index (κ3) is 29.9. The van der Waals surface area contributed by atoms with Gasteiger partial charge in [0.25, 0.3) is 0 Å². The van der Waals surface area contributed by atoms with Crippen molar-refractivity contribution < 1.29 is 62.2 Å². The van der Waals surface area contributed by atoms with Gasteiger partial charge in [-0.1, -0.05) is 102 Å². The average molecular weight is 873 g/mol. The van der Waals surface area contributed by atoms with Crippen LogP contribution in [0.25, 0.3) is 0 Å². The Labute approximate surface area is 362 Å². The number of aliphatic hydroxyl groups excluding tert-OH is 3. The third-order valence-corrected chi connectivity index (χ3v) is 11.6. The molecule has 1 fully saturated rings. The van der Waals surface area contributed by atoms with Gasteiger partial charge in [0.1, 0.15) is 25.5 Å². The quantitative estimate of drug-likeness (QED) is 0.0154. The number of ketones is 1. The number of likely N-dealkylation sites (N-methyl/N-ethyl adjacent to an activating group) is 1. The van der Waals surface area contributed by atoms with Crippen molar-refractivity contribution in [2.75, 3.05) is 47.5 Å². The first-order valence-corrected chi connectivity index (χ1v) is 24.4. The predicted octanol–water partition coefficient (Wildman–Crippen LogP) is 8.47. The highest BCUT2D eigenvalue weighted by atomic mass is 31.2. The van der Waals surface area contributed by atoms with Crippen LogP contribution in [0, 0.1) is 11.8 Å². The lowest BCUT2D eigenvalue weighted by Crippen LogP contribution is -2.37.